The molecule has 0 unspecified atom stereocenters. The summed E-state index contributed by atoms with van der Waals surface area (Å²) in [4.78, 5) is 31.0. The van der Waals surface area contributed by atoms with E-state index in [0.29, 0.717) is 11.5 Å². The fourth-order valence-electron chi connectivity index (χ4n) is 3.71. The van der Waals surface area contributed by atoms with Crippen molar-refractivity contribution in [1.82, 2.24) is 19.1 Å². The summed E-state index contributed by atoms with van der Waals surface area (Å²) in [6.45, 7) is 2.01. The summed E-state index contributed by atoms with van der Waals surface area (Å²) in [5.41, 5.74) is 1.72. The molecule has 26 heavy (non-hydrogen) atoms. The maximum absolute atomic E-state index is 12.2. The van der Waals surface area contributed by atoms with E-state index in [-0.39, 0.29) is 11.6 Å². The molecule has 0 saturated heterocycles. The first-order valence-corrected chi connectivity index (χ1v) is 8.89. The molecule has 1 aromatic carbocycles. The molecule has 1 N–H and O–H groups in total. The van der Waals surface area contributed by atoms with E-state index in [1.165, 1.54) is 17.4 Å². The lowest BCUT2D eigenvalue weighted by Crippen LogP contribution is -2.29. The van der Waals surface area contributed by atoms with E-state index in [9.17, 15) is 9.59 Å². The molecular formula is C19H22N4O3. The molecular weight excluding hydrogens is 332 g/mol. The van der Waals surface area contributed by atoms with Crippen molar-refractivity contribution in [2.24, 2.45) is 14.1 Å². The van der Waals surface area contributed by atoms with Gasteiger partial charge in [-0.25, -0.2) is 9.78 Å². The van der Waals surface area contributed by atoms with E-state index in [4.69, 9.17) is 4.74 Å². The van der Waals surface area contributed by atoms with Gasteiger partial charge in [0.05, 0.1) is 11.7 Å². The lowest BCUT2D eigenvalue weighted by molar-refractivity contribution is 0.211. The van der Waals surface area contributed by atoms with Crippen LogP contribution in [0.1, 0.15) is 31.2 Å². The number of aromatic nitrogens is 4. The lowest BCUT2D eigenvalue weighted by atomic mass is 10.1. The average Bonchev–Trinajstić information content (AvgIpc) is 3.23. The van der Waals surface area contributed by atoms with Crippen LogP contribution in [-0.4, -0.2) is 25.2 Å². The van der Waals surface area contributed by atoms with Gasteiger partial charge >= 0.3 is 5.69 Å². The topological polar surface area (TPSA) is 81.9 Å². The minimum absolute atomic E-state index is 0.221. The summed E-state index contributed by atoms with van der Waals surface area (Å²) in [5.74, 6) is 1.38. The summed E-state index contributed by atoms with van der Waals surface area (Å²) in [5, 5.41) is 0. The van der Waals surface area contributed by atoms with E-state index < -0.39 is 11.2 Å². The first kappa shape index (κ1) is 16.6. The largest absolute Gasteiger partial charge is 0.490 e. The third-order valence-corrected chi connectivity index (χ3v) is 5.09. The number of hydrogen-bond acceptors (Lipinski definition) is 4. The minimum atomic E-state index is -0.476. The first-order valence-electron chi connectivity index (χ1n) is 8.89. The summed E-state index contributed by atoms with van der Waals surface area (Å²) >= 11 is 0. The molecule has 2 heterocycles. The molecule has 2 aromatic heterocycles. The van der Waals surface area contributed by atoms with Gasteiger partial charge in [-0.3, -0.25) is 14.3 Å². The zero-order valence-corrected chi connectivity index (χ0v) is 15.2. The molecule has 0 amide bonds. The maximum atomic E-state index is 12.2. The third kappa shape index (κ3) is 2.64. The highest BCUT2D eigenvalue weighted by atomic mass is 16.5. The first-order chi connectivity index (χ1) is 12.5. The molecule has 1 aliphatic rings. The SMILES string of the molecule is Cc1ccc(OC2CCCC2)c(-c2nc3c(=O)[nH]c(=O)n(C)c3n2C)c1. The van der Waals surface area contributed by atoms with Gasteiger partial charge in [-0.15, -0.1) is 0 Å². The van der Waals surface area contributed by atoms with Crippen molar-refractivity contribution in [3.8, 4) is 17.1 Å². The molecule has 0 aliphatic heterocycles. The minimum Gasteiger partial charge on any atom is -0.490 e. The Morgan fingerprint density at radius 3 is 2.62 bits per heavy atom. The Morgan fingerprint density at radius 1 is 1.15 bits per heavy atom. The predicted molar refractivity (Wildman–Crippen MR) is 99.6 cm³/mol. The quantitative estimate of drug-likeness (QED) is 0.782. The van der Waals surface area contributed by atoms with E-state index in [2.05, 4.69) is 9.97 Å². The Kier molecular flexibility index (Phi) is 3.94. The Labute approximate surface area is 150 Å². The van der Waals surface area contributed by atoms with Crippen LogP contribution in [0.3, 0.4) is 0 Å². The molecule has 136 valence electrons. The van der Waals surface area contributed by atoms with Crippen LogP contribution in [0.25, 0.3) is 22.6 Å². The maximum Gasteiger partial charge on any atom is 0.329 e. The van der Waals surface area contributed by atoms with Crippen LogP contribution in [-0.2, 0) is 14.1 Å². The number of rotatable bonds is 3. The van der Waals surface area contributed by atoms with Crippen molar-refractivity contribution in [3.05, 3.63) is 44.6 Å². The Balaban J connectivity index is 1.92. The van der Waals surface area contributed by atoms with E-state index in [0.717, 1.165) is 29.7 Å². The second-order valence-corrected chi connectivity index (χ2v) is 7.01. The summed E-state index contributed by atoms with van der Waals surface area (Å²) in [6, 6.07) is 5.99. The zero-order valence-electron chi connectivity index (χ0n) is 15.2. The van der Waals surface area contributed by atoms with Gasteiger partial charge in [-0.05, 0) is 44.7 Å². The number of aromatic amines is 1. The molecule has 1 fully saturated rings. The molecule has 0 bridgehead atoms. The number of imidazole rings is 1. The Hall–Kier alpha value is -2.83. The van der Waals surface area contributed by atoms with E-state index >= 15 is 0 Å². The second kappa shape index (κ2) is 6.16. The van der Waals surface area contributed by atoms with Crippen molar-refractivity contribution in [2.75, 3.05) is 0 Å². The predicted octanol–water partition coefficient (Wildman–Crippen LogP) is 2.26. The van der Waals surface area contributed by atoms with Crippen molar-refractivity contribution < 1.29 is 4.74 Å². The number of hydrogen-bond donors (Lipinski definition) is 1. The van der Waals surface area contributed by atoms with Gasteiger partial charge in [0.1, 0.15) is 17.2 Å². The lowest BCUT2D eigenvalue weighted by Gasteiger charge is -2.17. The van der Waals surface area contributed by atoms with E-state index in [1.54, 1.807) is 11.6 Å². The number of nitrogens with zero attached hydrogens (tertiary/aromatic N) is 3. The standard InChI is InChI=1S/C19H22N4O3/c1-11-8-9-14(26-12-6-4-5-7-12)13(10-11)16-20-15-17(24)21-19(25)23(3)18(15)22(16)2/h8-10,12H,4-7H2,1-3H3,(H,21,24,25). The van der Waals surface area contributed by atoms with Gasteiger partial charge in [-0.1, -0.05) is 11.6 Å². The van der Waals surface area contributed by atoms with Crippen molar-refractivity contribution in [3.63, 3.8) is 0 Å². The van der Waals surface area contributed by atoms with Crippen molar-refractivity contribution in [2.45, 2.75) is 38.7 Å². The number of nitrogens with one attached hydrogen (secondary N) is 1. The monoisotopic (exact) mass is 354 g/mol. The van der Waals surface area contributed by atoms with Crippen LogP contribution >= 0.6 is 0 Å². The van der Waals surface area contributed by atoms with Crippen molar-refractivity contribution in [1.29, 1.82) is 0 Å². The molecule has 4 rings (SSSR count). The fraction of sp³-hybridized carbons (Fsp3) is 0.421. The molecule has 0 spiro atoms. The Bertz CT molecular complexity index is 1100. The third-order valence-electron chi connectivity index (χ3n) is 5.09. The highest BCUT2D eigenvalue weighted by Gasteiger charge is 2.22. The van der Waals surface area contributed by atoms with Gasteiger partial charge in [0.25, 0.3) is 5.56 Å². The Morgan fingerprint density at radius 2 is 1.88 bits per heavy atom. The van der Waals surface area contributed by atoms with Crippen LogP contribution in [0.15, 0.2) is 27.8 Å². The molecule has 7 nitrogen and oxygen atoms in total. The van der Waals surface area contributed by atoms with Gasteiger partial charge in [0.2, 0.25) is 0 Å². The summed E-state index contributed by atoms with van der Waals surface area (Å²) < 4.78 is 9.43. The van der Waals surface area contributed by atoms with Gasteiger partial charge < -0.3 is 9.30 Å². The number of H-pyrrole nitrogens is 1. The molecule has 3 aromatic rings. The number of benzene rings is 1. The van der Waals surface area contributed by atoms with Gasteiger partial charge in [0, 0.05) is 14.1 Å². The highest BCUT2D eigenvalue weighted by Crippen LogP contribution is 2.34. The number of fused-ring (bicyclic) bond motifs is 1. The number of aryl methyl sites for hydroxylation is 3. The molecule has 7 heteroatoms. The smallest absolute Gasteiger partial charge is 0.329 e. The van der Waals surface area contributed by atoms with Gasteiger partial charge in [-0.2, -0.15) is 0 Å². The van der Waals surface area contributed by atoms with Crippen LogP contribution in [0.5, 0.6) is 5.75 Å². The normalized spacial score (nSPS) is 15.0. The summed E-state index contributed by atoms with van der Waals surface area (Å²) in [6.07, 6.45) is 4.72. The highest BCUT2D eigenvalue weighted by molar-refractivity contribution is 5.78. The summed E-state index contributed by atoms with van der Waals surface area (Å²) in [7, 11) is 3.43. The van der Waals surface area contributed by atoms with Crippen LogP contribution in [0.2, 0.25) is 0 Å². The molecule has 0 radical (unpaired) electrons. The fourth-order valence-corrected chi connectivity index (χ4v) is 3.71. The van der Waals surface area contributed by atoms with Gasteiger partial charge in [0.15, 0.2) is 5.52 Å². The van der Waals surface area contributed by atoms with Crippen LogP contribution in [0, 0.1) is 6.92 Å². The second-order valence-electron chi connectivity index (χ2n) is 7.01. The zero-order chi connectivity index (χ0) is 18.4. The van der Waals surface area contributed by atoms with E-state index in [1.807, 2.05) is 32.2 Å². The molecule has 1 aliphatic carbocycles. The molecule has 1 saturated carbocycles. The molecule has 0 atom stereocenters. The van der Waals surface area contributed by atoms with Crippen molar-refractivity contribution >= 4 is 11.2 Å². The van der Waals surface area contributed by atoms with Crippen LogP contribution < -0.4 is 16.0 Å². The van der Waals surface area contributed by atoms with Crippen LogP contribution in [0.4, 0.5) is 0 Å². The average molecular weight is 354 g/mol. The number of ether oxygens (including phenoxy) is 1.